The van der Waals surface area contributed by atoms with Crippen LogP contribution in [0.3, 0.4) is 0 Å². The monoisotopic (exact) mass is 459 g/mol. The number of benzene rings is 1. The zero-order valence-electron chi connectivity index (χ0n) is 19.5. The van der Waals surface area contributed by atoms with Crippen LogP contribution < -0.4 is 19.7 Å². The molecule has 1 atom stereocenters. The van der Waals surface area contributed by atoms with E-state index in [1.54, 1.807) is 13.3 Å². The van der Waals surface area contributed by atoms with Gasteiger partial charge in [0, 0.05) is 32.0 Å². The molecule has 0 spiro atoms. The molecule has 1 aromatic carbocycles. The Morgan fingerprint density at radius 2 is 2.06 bits per heavy atom. The van der Waals surface area contributed by atoms with Crippen LogP contribution >= 0.6 is 0 Å². The molecule has 176 valence electrons. The first-order chi connectivity index (χ1) is 16.7. The lowest BCUT2D eigenvalue weighted by Crippen LogP contribution is -2.43. The lowest BCUT2D eigenvalue weighted by Gasteiger charge is -2.33. The number of pyridine rings is 1. The van der Waals surface area contributed by atoms with Gasteiger partial charge in [-0.2, -0.15) is 0 Å². The van der Waals surface area contributed by atoms with Gasteiger partial charge in [0.1, 0.15) is 0 Å². The summed E-state index contributed by atoms with van der Waals surface area (Å²) in [5, 5.41) is 3.11. The topological polar surface area (TPSA) is 81.0 Å². The van der Waals surface area contributed by atoms with Crippen molar-refractivity contribution in [3.8, 4) is 11.5 Å². The molecule has 1 aliphatic rings. The number of anilines is 1. The molecule has 0 aliphatic carbocycles. The molecular formula is C26H29N5O3. The van der Waals surface area contributed by atoms with Crippen LogP contribution in [-0.2, 0) is 11.3 Å². The first-order valence-corrected chi connectivity index (χ1v) is 11.7. The van der Waals surface area contributed by atoms with Crippen molar-refractivity contribution < 1.29 is 14.3 Å². The number of methoxy groups -OCH3 is 1. The minimum Gasteiger partial charge on any atom is -0.493 e. The van der Waals surface area contributed by atoms with Gasteiger partial charge in [0.25, 0.3) is 0 Å². The number of carbonyl (C=O) groups is 1. The summed E-state index contributed by atoms with van der Waals surface area (Å²) in [6.45, 7) is 4.45. The SMILES string of the molecule is CCOc1ccc(CNC(=O)[C@@H]2CCCN(c3nc4ncccc4n4cccc34)C2)cc1OC. The molecule has 8 nitrogen and oxygen atoms in total. The van der Waals surface area contributed by atoms with Crippen molar-refractivity contribution in [3.05, 3.63) is 60.4 Å². The van der Waals surface area contributed by atoms with Crippen molar-refractivity contribution in [1.29, 1.82) is 0 Å². The Morgan fingerprint density at radius 1 is 1.18 bits per heavy atom. The van der Waals surface area contributed by atoms with Crippen molar-refractivity contribution in [3.63, 3.8) is 0 Å². The minimum absolute atomic E-state index is 0.0582. The summed E-state index contributed by atoms with van der Waals surface area (Å²) in [4.78, 5) is 24.6. The molecule has 4 aromatic rings. The molecule has 34 heavy (non-hydrogen) atoms. The molecule has 1 aliphatic heterocycles. The van der Waals surface area contributed by atoms with Crippen LogP contribution in [0.25, 0.3) is 16.7 Å². The highest BCUT2D eigenvalue weighted by Crippen LogP contribution is 2.30. The van der Waals surface area contributed by atoms with Crippen molar-refractivity contribution in [2.45, 2.75) is 26.3 Å². The zero-order valence-corrected chi connectivity index (χ0v) is 19.5. The third-order valence-corrected chi connectivity index (χ3v) is 6.30. The van der Waals surface area contributed by atoms with Crippen LogP contribution in [0.4, 0.5) is 5.82 Å². The van der Waals surface area contributed by atoms with Gasteiger partial charge in [-0.15, -0.1) is 0 Å². The van der Waals surface area contributed by atoms with Crippen molar-refractivity contribution in [2.24, 2.45) is 5.92 Å². The summed E-state index contributed by atoms with van der Waals surface area (Å²) in [6.07, 6.45) is 5.59. The first-order valence-electron chi connectivity index (χ1n) is 11.7. The molecule has 0 bridgehead atoms. The Morgan fingerprint density at radius 3 is 2.91 bits per heavy atom. The lowest BCUT2D eigenvalue weighted by molar-refractivity contribution is -0.125. The summed E-state index contributed by atoms with van der Waals surface area (Å²) < 4.78 is 13.1. The van der Waals surface area contributed by atoms with E-state index < -0.39 is 0 Å². The largest absolute Gasteiger partial charge is 0.493 e. The van der Waals surface area contributed by atoms with Crippen molar-refractivity contribution >= 4 is 28.4 Å². The maximum absolute atomic E-state index is 13.1. The molecule has 4 heterocycles. The maximum atomic E-state index is 13.1. The Bertz CT molecular complexity index is 1320. The van der Waals surface area contributed by atoms with Gasteiger partial charge in [-0.3, -0.25) is 4.79 Å². The fourth-order valence-corrected chi connectivity index (χ4v) is 4.64. The van der Waals surface area contributed by atoms with Gasteiger partial charge in [-0.05, 0) is 61.7 Å². The van der Waals surface area contributed by atoms with Crippen molar-refractivity contribution in [1.82, 2.24) is 19.7 Å². The summed E-state index contributed by atoms with van der Waals surface area (Å²) >= 11 is 0. The maximum Gasteiger partial charge on any atom is 0.225 e. The van der Waals surface area contributed by atoms with Crippen LogP contribution in [-0.4, -0.2) is 47.1 Å². The van der Waals surface area contributed by atoms with Gasteiger partial charge < -0.3 is 24.1 Å². The van der Waals surface area contributed by atoms with E-state index in [2.05, 4.69) is 25.7 Å². The van der Waals surface area contributed by atoms with Crippen LogP contribution in [0, 0.1) is 5.92 Å². The fraction of sp³-hybridized carbons (Fsp3) is 0.346. The third kappa shape index (κ3) is 4.23. The third-order valence-electron chi connectivity index (χ3n) is 6.30. The van der Waals surface area contributed by atoms with E-state index in [0.29, 0.717) is 36.8 Å². The number of nitrogens with one attached hydrogen (secondary N) is 1. The number of amides is 1. The zero-order chi connectivity index (χ0) is 23.5. The number of hydrogen-bond donors (Lipinski definition) is 1. The van der Waals surface area contributed by atoms with E-state index in [9.17, 15) is 4.79 Å². The minimum atomic E-state index is -0.102. The summed E-state index contributed by atoms with van der Waals surface area (Å²) in [6, 6.07) is 13.8. The number of piperidine rings is 1. The second-order valence-electron chi connectivity index (χ2n) is 8.47. The van der Waals surface area contributed by atoms with Gasteiger partial charge in [0.15, 0.2) is 23.0 Å². The second-order valence-corrected chi connectivity index (χ2v) is 8.47. The lowest BCUT2D eigenvalue weighted by atomic mass is 9.97. The van der Waals surface area contributed by atoms with E-state index in [1.165, 1.54) is 0 Å². The van der Waals surface area contributed by atoms with Gasteiger partial charge in [0.05, 0.1) is 30.7 Å². The predicted octanol–water partition coefficient (Wildman–Crippen LogP) is 3.82. The van der Waals surface area contributed by atoms with Crippen LogP contribution in [0.15, 0.2) is 54.9 Å². The average Bonchev–Trinajstić information content (AvgIpc) is 3.38. The second kappa shape index (κ2) is 9.59. The number of ether oxygens (including phenoxy) is 2. The average molecular weight is 460 g/mol. The molecule has 0 saturated carbocycles. The van der Waals surface area contributed by atoms with E-state index in [1.807, 2.05) is 49.5 Å². The highest BCUT2D eigenvalue weighted by Gasteiger charge is 2.28. The molecule has 1 saturated heterocycles. The number of rotatable bonds is 7. The Hall–Kier alpha value is -3.81. The molecule has 0 radical (unpaired) electrons. The standard InChI is InChI=1S/C26H29N5O3/c1-3-34-22-11-10-18(15-23(22)33-2)16-28-26(32)19-7-5-13-30(17-19)25-21-9-6-14-31(21)20-8-4-12-27-24(20)29-25/h4,6,8-12,14-15,19H,3,5,7,13,16-17H2,1-2H3,(H,28,32)/t19-/m1/s1. The number of nitrogens with zero attached hydrogens (tertiary/aromatic N) is 4. The molecular weight excluding hydrogens is 430 g/mol. The summed E-state index contributed by atoms with van der Waals surface area (Å²) in [5.41, 5.74) is 3.68. The molecule has 3 aromatic heterocycles. The fourth-order valence-electron chi connectivity index (χ4n) is 4.64. The van der Waals surface area contributed by atoms with Crippen LogP contribution in [0.1, 0.15) is 25.3 Å². The van der Waals surface area contributed by atoms with E-state index in [4.69, 9.17) is 14.5 Å². The van der Waals surface area contributed by atoms with Crippen molar-refractivity contribution in [2.75, 3.05) is 31.7 Å². The van der Waals surface area contributed by atoms with E-state index in [-0.39, 0.29) is 11.8 Å². The van der Waals surface area contributed by atoms with Crippen LogP contribution in [0.2, 0.25) is 0 Å². The van der Waals surface area contributed by atoms with Gasteiger partial charge >= 0.3 is 0 Å². The summed E-state index contributed by atoms with van der Waals surface area (Å²) in [5.74, 6) is 2.21. The predicted molar refractivity (Wildman–Crippen MR) is 131 cm³/mol. The molecule has 5 rings (SSSR count). The number of aromatic nitrogens is 3. The van der Waals surface area contributed by atoms with Crippen LogP contribution in [0.5, 0.6) is 11.5 Å². The Kier molecular flexibility index (Phi) is 6.20. The number of hydrogen-bond acceptors (Lipinski definition) is 6. The quantitative estimate of drug-likeness (QED) is 0.453. The summed E-state index contributed by atoms with van der Waals surface area (Å²) in [7, 11) is 1.62. The number of fused-ring (bicyclic) bond motifs is 3. The normalized spacial score (nSPS) is 16.1. The number of carbonyl (C=O) groups excluding carboxylic acids is 1. The van der Waals surface area contributed by atoms with E-state index in [0.717, 1.165) is 41.8 Å². The highest BCUT2D eigenvalue weighted by molar-refractivity contribution is 5.84. The van der Waals surface area contributed by atoms with Gasteiger partial charge in [-0.1, -0.05) is 6.07 Å². The smallest absolute Gasteiger partial charge is 0.225 e. The molecule has 1 fully saturated rings. The molecule has 1 N–H and O–H groups in total. The first kappa shape index (κ1) is 22.0. The molecule has 0 unspecified atom stereocenters. The molecule has 8 heteroatoms. The molecule has 1 amide bonds. The Labute approximate surface area is 198 Å². The highest BCUT2D eigenvalue weighted by atomic mass is 16.5. The Balaban J connectivity index is 1.30. The van der Waals surface area contributed by atoms with E-state index >= 15 is 0 Å². The van der Waals surface area contributed by atoms with Gasteiger partial charge in [-0.25, -0.2) is 9.97 Å². The van der Waals surface area contributed by atoms with Gasteiger partial charge in [0.2, 0.25) is 5.91 Å².